The average molecular weight is 354 g/mol. The van der Waals surface area contributed by atoms with Gasteiger partial charge in [0.25, 0.3) is 0 Å². The van der Waals surface area contributed by atoms with Crippen LogP contribution >= 0.6 is 11.8 Å². The van der Waals surface area contributed by atoms with Crippen LogP contribution in [0.25, 0.3) is 0 Å². The highest BCUT2D eigenvalue weighted by molar-refractivity contribution is 7.98. The number of hydrogen-bond donors (Lipinski definition) is 1. The summed E-state index contributed by atoms with van der Waals surface area (Å²) < 4.78 is 0. The second kappa shape index (κ2) is 7.74. The topological polar surface area (TPSA) is 49.4 Å². The molecule has 1 aliphatic rings. The molecule has 2 aromatic rings. The molecule has 1 saturated heterocycles. The zero-order valence-corrected chi connectivity index (χ0v) is 15.3. The minimum Gasteiger partial charge on any atom is -0.325 e. The van der Waals surface area contributed by atoms with Crippen molar-refractivity contribution in [3.05, 3.63) is 54.1 Å². The quantitative estimate of drug-likeness (QED) is 0.827. The SMILES string of the molecule is CCc1ccc(N2CC(C(=O)Nc3ccccc3SC)CC2=O)cc1. The Morgan fingerprint density at radius 1 is 1.20 bits per heavy atom. The fraction of sp³-hybridized carbons (Fsp3) is 0.300. The van der Waals surface area contributed by atoms with Gasteiger partial charge in [-0.25, -0.2) is 0 Å². The molecule has 0 aromatic heterocycles. The van der Waals surface area contributed by atoms with Crippen molar-refractivity contribution in [3.8, 4) is 0 Å². The van der Waals surface area contributed by atoms with Crippen molar-refractivity contribution < 1.29 is 9.59 Å². The summed E-state index contributed by atoms with van der Waals surface area (Å²) in [5, 5.41) is 2.98. The highest BCUT2D eigenvalue weighted by atomic mass is 32.2. The molecule has 5 heteroatoms. The Kier molecular flexibility index (Phi) is 5.43. The number of nitrogens with zero attached hydrogens (tertiary/aromatic N) is 1. The van der Waals surface area contributed by atoms with E-state index in [0.717, 1.165) is 22.7 Å². The Balaban J connectivity index is 1.70. The molecule has 1 N–H and O–H groups in total. The largest absolute Gasteiger partial charge is 0.325 e. The Morgan fingerprint density at radius 3 is 2.60 bits per heavy atom. The first-order valence-electron chi connectivity index (χ1n) is 8.45. The van der Waals surface area contributed by atoms with E-state index in [2.05, 4.69) is 12.2 Å². The van der Waals surface area contributed by atoms with E-state index < -0.39 is 0 Å². The second-order valence-electron chi connectivity index (χ2n) is 6.11. The van der Waals surface area contributed by atoms with E-state index >= 15 is 0 Å². The van der Waals surface area contributed by atoms with Gasteiger partial charge >= 0.3 is 0 Å². The van der Waals surface area contributed by atoms with Gasteiger partial charge < -0.3 is 10.2 Å². The van der Waals surface area contributed by atoms with Gasteiger partial charge in [-0.1, -0.05) is 31.2 Å². The molecule has 1 fully saturated rings. The van der Waals surface area contributed by atoms with E-state index in [4.69, 9.17) is 0 Å². The molecule has 1 aliphatic heterocycles. The van der Waals surface area contributed by atoms with Gasteiger partial charge in [-0.15, -0.1) is 11.8 Å². The summed E-state index contributed by atoms with van der Waals surface area (Å²) in [6.07, 6.45) is 3.20. The minimum atomic E-state index is -0.326. The van der Waals surface area contributed by atoms with Crippen molar-refractivity contribution in [2.75, 3.05) is 23.0 Å². The Labute approximate surface area is 152 Å². The van der Waals surface area contributed by atoms with Crippen LogP contribution in [0.1, 0.15) is 18.9 Å². The highest BCUT2D eigenvalue weighted by Crippen LogP contribution is 2.29. The van der Waals surface area contributed by atoms with Crippen molar-refractivity contribution in [2.24, 2.45) is 5.92 Å². The first-order chi connectivity index (χ1) is 12.1. The molecule has 1 unspecified atom stereocenters. The molecule has 0 saturated carbocycles. The van der Waals surface area contributed by atoms with Gasteiger partial charge in [-0.2, -0.15) is 0 Å². The molecule has 0 bridgehead atoms. The summed E-state index contributed by atoms with van der Waals surface area (Å²) in [5.41, 5.74) is 2.90. The summed E-state index contributed by atoms with van der Waals surface area (Å²) in [5.74, 6) is -0.418. The molecule has 2 aromatic carbocycles. The normalized spacial score (nSPS) is 17.0. The van der Waals surface area contributed by atoms with Crippen molar-refractivity contribution in [2.45, 2.75) is 24.7 Å². The number of benzene rings is 2. The maximum atomic E-state index is 12.6. The van der Waals surface area contributed by atoms with E-state index in [1.54, 1.807) is 16.7 Å². The van der Waals surface area contributed by atoms with Crippen molar-refractivity contribution >= 4 is 35.0 Å². The number of amides is 2. The maximum Gasteiger partial charge on any atom is 0.229 e. The summed E-state index contributed by atoms with van der Waals surface area (Å²) >= 11 is 1.59. The number of carbonyl (C=O) groups is 2. The fourth-order valence-corrected chi connectivity index (χ4v) is 3.58. The number of thioether (sulfide) groups is 1. The maximum absolute atomic E-state index is 12.6. The van der Waals surface area contributed by atoms with Crippen LogP contribution in [-0.2, 0) is 16.0 Å². The number of nitrogens with one attached hydrogen (secondary N) is 1. The van der Waals surface area contributed by atoms with E-state index in [9.17, 15) is 9.59 Å². The Bertz CT molecular complexity index is 774. The van der Waals surface area contributed by atoms with Crippen LogP contribution in [0.15, 0.2) is 53.4 Å². The molecule has 1 atom stereocenters. The first-order valence-corrected chi connectivity index (χ1v) is 9.68. The summed E-state index contributed by atoms with van der Waals surface area (Å²) in [6.45, 7) is 2.53. The zero-order valence-electron chi connectivity index (χ0n) is 14.5. The number of anilines is 2. The number of rotatable bonds is 5. The second-order valence-corrected chi connectivity index (χ2v) is 6.96. The highest BCUT2D eigenvalue weighted by Gasteiger charge is 2.35. The lowest BCUT2D eigenvalue weighted by molar-refractivity contribution is -0.122. The van der Waals surface area contributed by atoms with Gasteiger partial charge in [-0.3, -0.25) is 9.59 Å². The first kappa shape index (κ1) is 17.5. The van der Waals surface area contributed by atoms with Gasteiger partial charge in [0.05, 0.1) is 11.6 Å². The summed E-state index contributed by atoms with van der Waals surface area (Å²) in [7, 11) is 0. The van der Waals surface area contributed by atoms with Crippen molar-refractivity contribution in [3.63, 3.8) is 0 Å². The lowest BCUT2D eigenvalue weighted by atomic mass is 10.1. The van der Waals surface area contributed by atoms with Crippen LogP contribution in [0.3, 0.4) is 0 Å². The van der Waals surface area contributed by atoms with Crippen LogP contribution in [0.5, 0.6) is 0 Å². The van der Waals surface area contributed by atoms with Crippen molar-refractivity contribution in [1.29, 1.82) is 0 Å². The molecule has 0 radical (unpaired) electrons. The lowest BCUT2D eigenvalue weighted by Gasteiger charge is -2.17. The molecular formula is C20H22N2O2S. The van der Waals surface area contributed by atoms with Gasteiger partial charge in [0.15, 0.2) is 0 Å². The predicted molar refractivity (Wildman–Crippen MR) is 103 cm³/mol. The molecule has 0 aliphatic carbocycles. The molecule has 3 rings (SSSR count). The predicted octanol–water partition coefficient (Wildman–Crippen LogP) is 3.96. The third-order valence-corrected chi connectivity index (χ3v) is 5.31. The zero-order chi connectivity index (χ0) is 17.8. The van der Waals surface area contributed by atoms with E-state index in [-0.39, 0.29) is 24.2 Å². The standard InChI is InChI=1S/C20H22N2O2S/c1-3-14-8-10-16(11-9-14)22-13-15(12-19(22)23)20(24)21-17-6-4-5-7-18(17)25-2/h4-11,15H,3,12-13H2,1-2H3,(H,21,24). The third-order valence-electron chi connectivity index (χ3n) is 4.52. The molecule has 25 heavy (non-hydrogen) atoms. The van der Waals surface area contributed by atoms with Gasteiger partial charge in [0.2, 0.25) is 11.8 Å². The van der Waals surface area contributed by atoms with Crippen LogP contribution in [0, 0.1) is 5.92 Å². The molecule has 2 amide bonds. The number of hydrogen-bond acceptors (Lipinski definition) is 3. The number of para-hydroxylation sites is 1. The van der Waals surface area contributed by atoms with Crippen LogP contribution < -0.4 is 10.2 Å². The number of carbonyl (C=O) groups excluding carboxylic acids is 2. The molecular weight excluding hydrogens is 332 g/mol. The van der Waals surface area contributed by atoms with Crippen LogP contribution in [-0.4, -0.2) is 24.6 Å². The van der Waals surface area contributed by atoms with Crippen molar-refractivity contribution in [1.82, 2.24) is 0 Å². The Hall–Kier alpha value is -2.27. The van der Waals surface area contributed by atoms with Crippen LogP contribution in [0.4, 0.5) is 11.4 Å². The van der Waals surface area contributed by atoms with Gasteiger partial charge in [0.1, 0.15) is 0 Å². The molecule has 130 valence electrons. The summed E-state index contributed by atoms with van der Waals surface area (Å²) in [4.78, 5) is 27.7. The lowest BCUT2D eigenvalue weighted by Crippen LogP contribution is -2.28. The van der Waals surface area contributed by atoms with Crippen LogP contribution in [0.2, 0.25) is 0 Å². The van der Waals surface area contributed by atoms with E-state index in [1.165, 1.54) is 5.56 Å². The van der Waals surface area contributed by atoms with Gasteiger partial charge in [0, 0.05) is 23.5 Å². The number of aryl methyl sites for hydroxylation is 1. The molecule has 4 nitrogen and oxygen atoms in total. The summed E-state index contributed by atoms with van der Waals surface area (Å²) in [6, 6.07) is 15.7. The minimum absolute atomic E-state index is 0.00236. The van der Waals surface area contributed by atoms with E-state index in [1.807, 2.05) is 54.8 Å². The monoisotopic (exact) mass is 354 g/mol. The average Bonchev–Trinajstić information content (AvgIpc) is 3.04. The third kappa shape index (κ3) is 3.87. The smallest absolute Gasteiger partial charge is 0.229 e. The fourth-order valence-electron chi connectivity index (χ4n) is 3.03. The molecule has 0 spiro atoms. The molecule has 1 heterocycles. The van der Waals surface area contributed by atoms with E-state index in [0.29, 0.717) is 6.54 Å². The van der Waals surface area contributed by atoms with Gasteiger partial charge in [-0.05, 0) is 42.5 Å². The Morgan fingerprint density at radius 2 is 1.92 bits per heavy atom.